The number of para-hydroxylation sites is 1. The summed E-state index contributed by atoms with van der Waals surface area (Å²) in [6.45, 7) is 5.45. The van der Waals surface area contributed by atoms with Crippen molar-refractivity contribution in [3.05, 3.63) is 29.3 Å². The van der Waals surface area contributed by atoms with E-state index in [0.717, 1.165) is 60.4 Å². The van der Waals surface area contributed by atoms with E-state index < -0.39 is 11.5 Å². The van der Waals surface area contributed by atoms with Gasteiger partial charge >= 0.3 is 0 Å². The number of nitrogens with one attached hydrogen (secondary N) is 2. The summed E-state index contributed by atoms with van der Waals surface area (Å²) >= 11 is 0. The van der Waals surface area contributed by atoms with Gasteiger partial charge in [0, 0.05) is 24.9 Å². The number of anilines is 1. The third-order valence-electron chi connectivity index (χ3n) is 7.55. The Labute approximate surface area is 165 Å². The van der Waals surface area contributed by atoms with Gasteiger partial charge in [0.25, 0.3) is 5.91 Å². The maximum Gasteiger partial charge on any atom is 0.291 e. The summed E-state index contributed by atoms with van der Waals surface area (Å²) < 4.78 is 0. The predicted octanol–water partition coefficient (Wildman–Crippen LogP) is 0.859. The summed E-state index contributed by atoms with van der Waals surface area (Å²) in [4.78, 5) is 43.0. The van der Waals surface area contributed by atoms with Gasteiger partial charge in [0.15, 0.2) is 0 Å². The molecular weight excluding hydrogens is 354 g/mol. The highest BCUT2D eigenvalue weighted by Gasteiger charge is 2.78. The van der Waals surface area contributed by atoms with Crippen molar-refractivity contribution in [3.8, 4) is 0 Å². The third-order valence-corrected chi connectivity index (χ3v) is 7.55. The van der Waals surface area contributed by atoms with Gasteiger partial charge < -0.3 is 10.2 Å². The van der Waals surface area contributed by atoms with Gasteiger partial charge in [-0.3, -0.25) is 19.3 Å². The number of nitrogens with zero attached hydrogens (tertiary/aromatic N) is 1. The highest BCUT2D eigenvalue weighted by Crippen LogP contribution is 2.52. The maximum absolute atomic E-state index is 13.6. The van der Waals surface area contributed by atoms with Crippen LogP contribution >= 0.6 is 0 Å². The Bertz CT molecular complexity index is 882. The van der Waals surface area contributed by atoms with Crippen LogP contribution in [0.5, 0.6) is 0 Å². The molecule has 1 spiro atoms. The quantitative estimate of drug-likeness (QED) is 0.759. The largest absolute Gasteiger partial charge is 0.320 e. The van der Waals surface area contributed by atoms with Crippen molar-refractivity contribution in [2.45, 2.75) is 57.5 Å². The number of aryl methyl sites for hydroxylation is 1. The summed E-state index contributed by atoms with van der Waals surface area (Å²) in [7, 11) is 0. The van der Waals surface area contributed by atoms with Gasteiger partial charge in [0.05, 0.1) is 12.2 Å². The van der Waals surface area contributed by atoms with Crippen LogP contribution in [0.1, 0.15) is 50.7 Å². The topological polar surface area (TPSA) is 70.9 Å². The highest BCUT2D eigenvalue weighted by atomic mass is 16.2. The molecule has 28 heavy (non-hydrogen) atoms. The van der Waals surface area contributed by atoms with Crippen molar-refractivity contribution in [2.24, 2.45) is 11.8 Å². The normalized spacial score (nSPS) is 35.5. The number of unbranched alkanes of at least 4 members (excludes halogenated alkanes) is 1. The lowest BCUT2D eigenvalue weighted by molar-refractivity contribution is -0.948. The molecule has 6 nitrogen and oxygen atoms in total. The summed E-state index contributed by atoms with van der Waals surface area (Å²) in [6.07, 6.45) is 4.48. The molecule has 5 atom stereocenters. The van der Waals surface area contributed by atoms with Gasteiger partial charge in [-0.15, -0.1) is 0 Å². The molecule has 6 heteroatoms. The SMILES string of the molecule is CCCCN1C(=O)[C@@H]2[C@H]3CCC[NH+]3[C@@]3(C(=O)Nc4c(CC)cccc43)[C@@H]2C1=O. The molecule has 0 aliphatic carbocycles. The number of likely N-dealkylation sites (tertiary alicyclic amines) is 1. The third kappa shape index (κ3) is 1.94. The number of hydrogen-bond donors (Lipinski definition) is 2. The van der Waals surface area contributed by atoms with Crippen molar-refractivity contribution < 1.29 is 19.3 Å². The lowest BCUT2D eigenvalue weighted by Crippen LogP contribution is -3.19. The molecule has 0 aromatic heterocycles. The zero-order chi connectivity index (χ0) is 19.6. The molecule has 3 fully saturated rings. The summed E-state index contributed by atoms with van der Waals surface area (Å²) in [5.41, 5.74) is 1.96. The van der Waals surface area contributed by atoms with E-state index in [0.29, 0.717) is 6.54 Å². The molecule has 2 N–H and O–H groups in total. The molecule has 4 heterocycles. The first kappa shape index (κ1) is 17.9. The second-order valence-corrected chi connectivity index (χ2v) is 8.66. The second-order valence-electron chi connectivity index (χ2n) is 8.66. The molecule has 4 aliphatic heterocycles. The molecule has 0 bridgehead atoms. The van der Waals surface area contributed by atoms with Gasteiger partial charge in [0.2, 0.25) is 17.4 Å². The van der Waals surface area contributed by atoms with E-state index in [-0.39, 0.29) is 29.7 Å². The maximum atomic E-state index is 13.6. The minimum Gasteiger partial charge on any atom is -0.320 e. The summed E-state index contributed by atoms with van der Waals surface area (Å²) in [5.74, 6) is -1.18. The first-order chi connectivity index (χ1) is 13.6. The number of carbonyl (C=O) groups excluding carboxylic acids is 3. The molecule has 3 saturated heterocycles. The van der Waals surface area contributed by atoms with Crippen LogP contribution in [0.25, 0.3) is 0 Å². The molecule has 0 radical (unpaired) electrons. The molecular formula is C22H28N3O3+. The fraction of sp³-hybridized carbons (Fsp3) is 0.591. The first-order valence-corrected chi connectivity index (χ1v) is 10.7. The molecule has 1 aromatic carbocycles. The molecule has 148 valence electrons. The van der Waals surface area contributed by atoms with E-state index in [4.69, 9.17) is 0 Å². The fourth-order valence-corrected chi connectivity index (χ4v) is 6.44. The fourth-order valence-electron chi connectivity index (χ4n) is 6.44. The minimum absolute atomic E-state index is 0.0439. The van der Waals surface area contributed by atoms with Gasteiger partial charge in [0.1, 0.15) is 17.9 Å². The van der Waals surface area contributed by atoms with Crippen LogP contribution in [0.4, 0.5) is 5.69 Å². The van der Waals surface area contributed by atoms with Crippen LogP contribution in [-0.4, -0.2) is 41.8 Å². The highest BCUT2D eigenvalue weighted by molar-refractivity contribution is 6.14. The number of benzene rings is 1. The van der Waals surface area contributed by atoms with Gasteiger partial charge in [-0.2, -0.15) is 0 Å². The number of carbonyl (C=O) groups is 3. The van der Waals surface area contributed by atoms with E-state index in [1.807, 2.05) is 18.2 Å². The van der Waals surface area contributed by atoms with Crippen LogP contribution in [0.2, 0.25) is 0 Å². The van der Waals surface area contributed by atoms with Crippen LogP contribution in [-0.2, 0) is 26.3 Å². The first-order valence-electron chi connectivity index (χ1n) is 10.7. The monoisotopic (exact) mass is 382 g/mol. The number of rotatable bonds is 4. The number of fused-ring (bicyclic) bond motifs is 7. The van der Waals surface area contributed by atoms with Gasteiger partial charge in [-0.05, 0) is 18.4 Å². The predicted molar refractivity (Wildman–Crippen MR) is 104 cm³/mol. The summed E-state index contributed by atoms with van der Waals surface area (Å²) in [5, 5.41) is 3.13. The van der Waals surface area contributed by atoms with E-state index in [1.54, 1.807) is 0 Å². The second kappa shape index (κ2) is 6.14. The molecule has 0 saturated carbocycles. The molecule has 1 unspecified atom stereocenters. The van der Waals surface area contributed by atoms with Crippen LogP contribution in [0, 0.1) is 11.8 Å². The van der Waals surface area contributed by atoms with Crippen LogP contribution < -0.4 is 10.2 Å². The molecule has 3 amide bonds. The Hall–Kier alpha value is -2.21. The van der Waals surface area contributed by atoms with Crippen molar-refractivity contribution in [1.82, 2.24) is 4.90 Å². The number of imide groups is 1. The van der Waals surface area contributed by atoms with Crippen LogP contribution in [0.3, 0.4) is 0 Å². The Morgan fingerprint density at radius 1 is 1.21 bits per heavy atom. The lowest BCUT2D eigenvalue weighted by atomic mass is 9.75. The summed E-state index contributed by atoms with van der Waals surface area (Å²) in [6, 6.07) is 6.10. The van der Waals surface area contributed by atoms with E-state index >= 15 is 0 Å². The average molecular weight is 382 g/mol. The Kier molecular flexibility index (Phi) is 3.92. The molecule has 5 rings (SSSR count). The smallest absolute Gasteiger partial charge is 0.291 e. The van der Waals surface area contributed by atoms with Crippen molar-refractivity contribution in [2.75, 3.05) is 18.4 Å². The van der Waals surface area contributed by atoms with Crippen LogP contribution in [0.15, 0.2) is 18.2 Å². The van der Waals surface area contributed by atoms with Crippen molar-refractivity contribution in [1.29, 1.82) is 0 Å². The zero-order valence-corrected chi connectivity index (χ0v) is 16.6. The van der Waals surface area contributed by atoms with Gasteiger partial charge in [-0.25, -0.2) is 0 Å². The number of hydrogen-bond acceptors (Lipinski definition) is 3. The van der Waals surface area contributed by atoms with E-state index in [2.05, 4.69) is 19.2 Å². The minimum atomic E-state index is -0.944. The Morgan fingerprint density at radius 3 is 2.79 bits per heavy atom. The number of quaternary nitrogens is 1. The van der Waals surface area contributed by atoms with Crippen molar-refractivity contribution in [3.63, 3.8) is 0 Å². The Morgan fingerprint density at radius 2 is 2.04 bits per heavy atom. The average Bonchev–Trinajstić information content (AvgIpc) is 3.39. The molecule has 4 aliphatic rings. The zero-order valence-electron chi connectivity index (χ0n) is 16.6. The van der Waals surface area contributed by atoms with E-state index in [1.165, 1.54) is 4.90 Å². The molecule has 1 aromatic rings. The lowest BCUT2D eigenvalue weighted by Gasteiger charge is -2.33. The van der Waals surface area contributed by atoms with E-state index in [9.17, 15) is 14.4 Å². The standard InChI is InChI=1S/C22H27N3O3/c1-3-5-11-24-19(26)16-15-10-7-12-25(15)22(17(16)20(24)27)14-9-6-8-13(4-2)18(14)23-21(22)28/h6,8-9,15-17H,3-5,7,10-12H2,1-2H3,(H,23,28)/p+1/t15-,16-,17+,22-/m1/s1. The number of amides is 3. The van der Waals surface area contributed by atoms with Crippen molar-refractivity contribution >= 4 is 23.4 Å². The Balaban J connectivity index is 1.69. The van der Waals surface area contributed by atoms with Gasteiger partial charge in [-0.1, -0.05) is 38.5 Å².